The zero-order valence-corrected chi connectivity index (χ0v) is 12.6. The molecule has 0 bridgehead atoms. The standard InChI is InChI=1S/C18H17N3O/c1-13-7-9-14(10-8-13)11-19-20-18(22)16-12-21(2)17-6-4-3-5-15(16)17/h3-12H,1-2H3,(H,20,22)/b19-11+. The maximum Gasteiger partial charge on any atom is 0.273 e. The first kappa shape index (κ1) is 14.1. The van der Waals surface area contributed by atoms with Gasteiger partial charge in [-0.15, -0.1) is 0 Å². The van der Waals surface area contributed by atoms with Crippen molar-refractivity contribution >= 4 is 23.0 Å². The summed E-state index contributed by atoms with van der Waals surface area (Å²) in [5.74, 6) is -0.208. The van der Waals surface area contributed by atoms with Gasteiger partial charge in [0.25, 0.3) is 5.91 Å². The van der Waals surface area contributed by atoms with Gasteiger partial charge >= 0.3 is 0 Å². The molecule has 4 nitrogen and oxygen atoms in total. The fourth-order valence-electron chi connectivity index (χ4n) is 2.40. The van der Waals surface area contributed by atoms with E-state index >= 15 is 0 Å². The van der Waals surface area contributed by atoms with Crippen molar-refractivity contribution in [2.24, 2.45) is 12.1 Å². The molecule has 3 aromatic rings. The molecule has 110 valence electrons. The molecular formula is C18H17N3O. The van der Waals surface area contributed by atoms with Crippen molar-refractivity contribution in [3.05, 3.63) is 71.4 Å². The number of para-hydroxylation sites is 1. The molecule has 1 aromatic heterocycles. The molecule has 0 aliphatic rings. The molecule has 0 saturated heterocycles. The Bertz CT molecular complexity index is 844. The molecule has 0 aliphatic carbocycles. The summed E-state index contributed by atoms with van der Waals surface area (Å²) < 4.78 is 1.94. The van der Waals surface area contributed by atoms with Gasteiger partial charge in [0.15, 0.2) is 0 Å². The largest absolute Gasteiger partial charge is 0.350 e. The number of carbonyl (C=O) groups excluding carboxylic acids is 1. The van der Waals surface area contributed by atoms with Gasteiger partial charge in [-0.2, -0.15) is 5.10 Å². The number of hydrogen-bond donors (Lipinski definition) is 1. The van der Waals surface area contributed by atoms with E-state index in [4.69, 9.17) is 0 Å². The summed E-state index contributed by atoms with van der Waals surface area (Å²) in [6, 6.07) is 15.7. The third-order valence-corrected chi connectivity index (χ3v) is 3.60. The van der Waals surface area contributed by atoms with E-state index in [0.717, 1.165) is 16.5 Å². The van der Waals surface area contributed by atoms with Crippen molar-refractivity contribution in [3.63, 3.8) is 0 Å². The smallest absolute Gasteiger partial charge is 0.273 e. The van der Waals surface area contributed by atoms with Gasteiger partial charge < -0.3 is 4.57 Å². The van der Waals surface area contributed by atoms with Crippen LogP contribution >= 0.6 is 0 Å². The van der Waals surface area contributed by atoms with Gasteiger partial charge in [-0.1, -0.05) is 48.0 Å². The first-order chi connectivity index (χ1) is 10.6. The first-order valence-corrected chi connectivity index (χ1v) is 7.09. The zero-order valence-electron chi connectivity index (χ0n) is 12.6. The van der Waals surface area contributed by atoms with Gasteiger partial charge in [-0.25, -0.2) is 5.43 Å². The minimum absolute atomic E-state index is 0.208. The molecule has 0 saturated carbocycles. The van der Waals surface area contributed by atoms with E-state index in [2.05, 4.69) is 10.5 Å². The lowest BCUT2D eigenvalue weighted by Gasteiger charge is -1.98. The minimum Gasteiger partial charge on any atom is -0.350 e. The fraction of sp³-hybridized carbons (Fsp3) is 0.111. The van der Waals surface area contributed by atoms with Crippen LogP contribution < -0.4 is 5.43 Å². The van der Waals surface area contributed by atoms with Crippen molar-refractivity contribution in [1.29, 1.82) is 0 Å². The predicted octanol–water partition coefficient (Wildman–Crippen LogP) is 3.25. The Morgan fingerprint density at radius 1 is 1.14 bits per heavy atom. The van der Waals surface area contributed by atoms with Crippen molar-refractivity contribution in [3.8, 4) is 0 Å². The lowest BCUT2D eigenvalue weighted by Crippen LogP contribution is -2.17. The highest BCUT2D eigenvalue weighted by Gasteiger charge is 2.12. The first-order valence-electron chi connectivity index (χ1n) is 7.09. The number of aryl methyl sites for hydroxylation is 2. The Hall–Kier alpha value is -2.88. The molecule has 1 N–H and O–H groups in total. The van der Waals surface area contributed by atoms with E-state index in [1.807, 2.05) is 73.3 Å². The second-order valence-corrected chi connectivity index (χ2v) is 5.28. The van der Waals surface area contributed by atoms with Gasteiger partial charge in [0, 0.05) is 24.1 Å². The number of nitrogens with zero attached hydrogens (tertiary/aromatic N) is 2. The summed E-state index contributed by atoms with van der Waals surface area (Å²) in [6.07, 6.45) is 3.46. The van der Waals surface area contributed by atoms with Crippen LogP contribution in [-0.4, -0.2) is 16.7 Å². The average molecular weight is 291 g/mol. The quantitative estimate of drug-likeness (QED) is 0.584. The lowest BCUT2D eigenvalue weighted by molar-refractivity contribution is 0.0956. The Labute approximate surface area is 129 Å². The van der Waals surface area contributed by atoms with E-state index in [1.165, 1.54) is 5.56 Å². The van der Waals surface area contributed by atoms with Gasteiger partial charge in [-0.05, 0) is 18.6 Å². The molecular weight excluding hydrogens is 274 g/mol. The van der Waals surface area contributed by atoms with Crippen LogP contribution in [0, 0.1) is 6.92 Å². The Balaban J connectivity index is 1.78. The lowest BCUT2D eigenvalue weighted by atomic mass is 10.2. The van der Waals surface area contributed by atoms with Crippen LogP contribution in [-0.2, 0) is 7.05 Å². The van der Waals surface area contributed by atoms with Crippen molar-refractivity contribution in [2.45, 2.75) is 6.92 Å². The van der Waals surface area contributed by atoms with Gasteiger partial charge in [0.1, 0.15) is 0 Å². The van der Waals surface area contributed by atoms with Crippen molar-refractivity contribution in [2.75, 3.05) is 0 Å². The van der Waals surface area contributed by atoms with E-state index in [9.17, 15) is 4.79 Å². The molecule has 4 heteroatoms. The molecule has 0 radical (unpaired) electrons. The molecule has 0 aliphatic heterocycles. The van der Waals surface area contributed by atoms with Gasteiger partial charge in [0.2, 0.25) is 0 Å². The van der Waals surface area contributed by atoms with E-state index < -0.39 is 0 Å². The average Bonchev–Trinajstić information content (AvgIpc) is 2.87. The highest BCUT2D eigenvalue weighted by molar-refractivity contribution is 6.07. The monoisotopic (exact) mass is 291 g/mol. The normalized spacial score (nSPS) is 11.2. The highest BCUT2D eigenvalue weighted by atomic mass is 16.2. The van der Waals surface area contributed by atoms with Gasteiger partial charge in [0.05, 0.1) is 11.8 Å². The number of fused-ring (bicyclic) bond motifs is 1. The van der Waals surface area contributed by atoms with Crippen molar-refractivity contribution in [1.82, 2.24) is 9.99 Å². The highest BCUT2D eigenvalue weighted by Crippen LogP contribution is 2.19. The third kappa shape index (κ3) is 2.76. The van der Waals surface area contributed by atoms with E-state index in [1.54, 1.807) is 6.21 Å². The van der Waals surface area contributed by atoms with Crippen LogP contribution in [0.4, 0.5) is 0 Å². The summed E-state index contributed by atoms with van der Waals surface area (Å²) in [5.41, 5.74) is 6.37. The molecule has 0 unspecified atom stereocenters. The number of rotatable bonds is 3. The van der Waals surface area contributed by atoms with Crippen LogP contribution in [0.5, 0.6) is 0 Å². The Morgan fingerprint density at radius 2 is 1.86 bits per heavy atom. The number of amides is 1. The molecule has 2 aromatic carbocycles. The number of hydrazone groups is 1. The Kier molecular flexibility index (Phi) is 3.74. The van der Waals surface area contributed by atoms with Crippen LogP contribution in [0.3, 0.4) is 0 Å². The molecule has 0 atom stereocenters. The summed E-state index contributed by atoms with van der Waals surface area (Å²) >= 11 is 0. The van der Waals surface area contributed by atoms with E-state index in [0.29, 0.717) is 5.56 Å². The van der Waals surface area contributed by atoms with Crippen LogP contribution in [0.1, 0.15) is 21.5 Å². The molecule has 1 amide bonds. The fourth-order valence-corrected chi connectivity index (χ4v) is 2.40. The van der Waals surface area contributed by atoms with E-state index in [-0.39, 0.29) is 5.91 Å². The summed E-state index contributed by atoms with van der Waals surface area (Å²) in [7, 11) is 1.93. The number of aromatic nitrogens is 1. The molecule has 3 rings (SSSR count). The SMILES string of the molecule is Cc1ccc(/C=N/NC(=O)c2cn(C)c3ccccc23)cc1. The molecule has 22 heavy (non-hydrogen) atoms. The summed E-state index contributed by atoms with van der Waals surface area (Å²) in [4.78, 5) is 12.3. The number of hydrogen-bond acceptors (Lipinski definition) is 2. The number of benzene rings is 2. The summed E-state index contributed by atoms with van der Waals surface area (Å²) in [6.45, 7) is 2.03. The molecule has 1 heterocycles. The number of carbonyl (C=O) groups is 1. The number of nitrogens with one attached hydrogen (secondary N) is 1. The topological polar surface area (TPSA) is 46.4 Å². The maximum atomic E-state index is 12.3. The Morgan fingerprint density at radius 3 is 2.64 bits per heavy atom. The van der Waals surface area contributed by atoms with Gasteiger partial charge in [-0.3, -0.25) is 4.79 Å². The van der Waals surface area contributed by atoms with Crippen LogP contribution in [0.2, 0.25) is 0 Å². The predicted molar refractivity (Wildman–Crippen MR) is 89.2 cm³/mol. The third-order valence-electron chi connectivity index (χ3n) is 3.60. The minimum atomic E-state index is -0.208. The second kappa shape index (κ2) is 5.85. The molecule has 0 fully saturated rings. The zero-order chi connectivity index (χ0) is 15.5. The second-order valence-electron chi connectivity index (χ2n) is 5.28. The molecule has 0 spiro atoms. The maximum absolute atomic E-state index is 12.3. The van der Waals surface area contributed by atoms with Crippen molar-refractivity contribution < 1.29 is 4.79 Å². The van der Waals surface area contributed by atoms with Crippen LogP contribution in [0.25, 0.3) is 10.9 Å². The van der Waals surface area contributed by atoms with Crippen LogP contribution in [0.15, 0.2) is 59.8 Å². The summed E-state index contributed by atoms with van der Waals surface area (Å²) in [5, 5.41) is 4.95.